The van der Waals surface area contributed by atoms with Gasteiger partial charge in [0.25, 0.3) is 0 Å². The van der Waals surface area contributed by atoms with Crippen LogP contribution >= 0.6 is 0 Å². The molecule has 0 aromatic carbocycles. The summed E-state index contributed by atoms with van der Waals surface area (Å²) < 4.78 is 35.1. The molecule has 0 aliphatic rings. The Balaban J connectivity index is 3.51. The summed E-state index contributed by atoms with van der Waals surface area (Å²) in [6.07, 6.45) is -4.12. The van der Waals surface area contributed by atoms with E-state index in [0.717, 1.165) is 0 Å². The molecule has 0 heterocycles. The van der Waals surface area contributed by atoms with Crippen LogP contribution in [-0.2, 0) is 0 Å². The Labute approximate surface area is 71.1 Å². The van der Waals surface area contributed by atoms with Gasteiger partial charge in [-0.3, -0.25) is 0 Å². The summed E-state index contributed by atoms with van der Waals surface area (Å²) in [5.74, 6) is 0.369. The second kappa shape index (κ2) is 4.70. The van der Waals surface area contributed by atoms with Gasteiger partial charge in [0.1, 0.15) is 0 Å². The normalized spacial score (nSPS) is 15.2. The Morgan fingerprint density at radius 3 is 2.08 bits per heavy atom. The van der Waals surface area contributed by atoms with E-state index in [1.807, 2.05) is 13.8 Å². The highest BCUT2D eigenvalue weighted by Gasteiger charge is 2.27. The minimum absolute atomic E-state index is 0.0433. The SMILES string of the molecule is CC(C)CC(N)CCC(F)(F)F. The molecule has 0 fully saturated rings. The molecule has 0 aromatic rings. The molecule has 0 spiro atoms. The third-order valence-corrected chi connectivity index (χ3v) is 1.57. The first kappa shape index (κ1) is 11.8. The van der Waals surface area contributed by atoms with Crippen LogP contribution in [0.2, 0.25) is 0 Å². The smallest absolute Gasteiger partial charge is 0.328 e. The Morgan fingerprint density at radius 2 is 1.75 bits per heavy atom. The summed E-state index contributed by atoms with van der Waals surface area (Å²) >= 11 is 0. The molecule has 0 aliphatic carbocycles. The highest BCUT2D eigenvalue weighted by molar-refractivity contribution is 4.65. The Kier molecular flexibility index (Phi) is 4.60. The molecule has 1 unspecified atom stereocenters. The van der Waals surface area contributed by atoms with Gasteiger partial charge in [-0.05, 0) is 18.8 Å². The first-order valence-electron chi connectivity index (χ1n) is 4.13. The fourth-order valence-electron chi connectivity index (χ4n) is 1.07. The number of hydrogen-bond acceptors (Lipinski definition) is 1. The minimum atomic E-state index is -4.06. The molecular formula is C8H16F3N. The van der Waals surface area contributed by atoms with Crippen LogP contribution in [0.1, 0.15) is 33.1 Å². The van der Waals surface area contributed by atoms with Crippen LogP contribution in [0.4, 0.5) is 13.2 Å². The molecule has 2 N–H and O–H groups in total. The van der Waals surface area contributed by atoms with Gasteiger partial charge in [-0.15, -0.1) is 0 Å². The van der Waals surface area contributed by atoms with E-state index >= 15 is 0 Å². The van der Waals surface area contributed by atoms with Crippen molar-refractivity contribution in [2.45, 2.75) is 45.3 Å². The maximum absolute atomic E-state index is 11.7. The average Bonchev–Trinajstić information content (AvgIpc) is 1.80. The fourth-order valence-corrected chi connectivity index (χ4v) is 1.07. The molecule has 0 bridgehead atoms. The lowest BCUT2D eigenvalue weighted by Crippen LogP contribution is -2.24. The van der Waals surface area contributed by atoms with E-state index in [4.69, 9.17) is 5.73 Å². The van der Waals surface area contributed by atoms with Crippen LogP contribution in [0.5, 0.6) is 0 Å². The molecule has 0 aliphatic heterocycles. The maximum Gasteiger partial charge on any atom is 0.389 e. The van der Waals surface area contributed by atoms with Gasteiger partial charge in [-0.25, -0.2) is 0 Å². The summed E-state index contributed by atoms with van der Waals surface area (Å²) in [7, 11) is 0. The molecule has 1 atom stereocenters. The van der Waals surface area contributed by atoms with Crippen LogP contribution < -0.4 is 5.73 Å². The second-order valence-electron chi connectivity index (χ2n) is 3.54. The van der Waals surface area contributed by atoms with Crippen LogP contribution in [0.25, 0.3) is 0 Å². The van der Waals surface area contributed by atoms with Crippen molar-refractivity contribution >= 4 is 0 Å². The van der Waals surface area contributed by atoms with E-state index < -0.39 is 12.6 Å². The lowest BCUT2D eigenvalue weighted by Gasteiger charge is -2.14. The van der Waals surface area contributed by atoms with Crippen LogP contribution in [0.3, 0.4) is 0 Å². The van der Waals surface area contributed by atoms with Gasteiger partial charge < -0.3 is 5.73 Å². The van der Waals surface area contributed by atoms with E-state index in [9.17, 15) is 13.2 Å². The Morgan fingerprint density at radius 1 is 1.25 bits per heavy atom. The lowest BCUT2D eigenvalue weighted by molar-refractivity contribution is -0.136. The zero-order valence-corrected chi connectivity index (χ0v) is 7.49. The highest BCUT2D eigenvalue weighted by Crippen LogP contribution is 2.23. The molecule has 12 heavy (non-hydrogen) atoms. The number of alkyl halides is 3. The molecular weight excluding hydrogens is 167 g/mol. The predicted molar refractivity (Wildman–Crippen MR) is 42.7 cm³/mol. The van der Waals surface area contributed by atoms with Gasteiger partial charge in [-0.2, -0.15) is 13.2 Å². The standard InChI is InChI=1S/C8H16F3N/c1-6(2)5-7(12)3-4-8(9,10)11/h6-7H,3-5,12H2,1-2H3. The summed E-state index contributed by atoms with van der Waals surface area (Å²) in [6.45, 7) is 3.90. The van der Waals surface area contributed by atoms with Gasteiger partial charge in [0.05, 0.1) is 0 Å². The van der Waals surface area contributed by atoms with Gasteiger partial charge in [0.15, 0.2) is 0 Å². The third kappa shape index (κ3) is 7.85. The zero-order valence-electron chi connectivity index (χ0n) is 7.49. The predicted octanol–water partition coefficient (Wildman–Crippen LogP) is 2.70. The van der Waals surface area contributed by atoms with Crippen molar-refractivity contribution in [2.75, 3.05) is 0 Å². The zero-order chi connectivity index (χ0) is 9.78. The van der Waals surface area contributed by atoms with Crippen molar-refractivity contribution in [1.29, 1.82) is 0 Å². The van der Waals surface area contributed by atoms with Crippen LogP contribution in [0.15, 0.2) is 0 Å². The molecule has 1 nitrogen and oxygen atoms in total. The average molecular weight is 183 g/mol. The van der Waals surface area contributed by atoms with Gasteiger partial charge in [-0.1, -0.05) is 13.8 Å². The summed E-state index contributed by atoms with van der Waals surface area (Å²) in [6, 6.07) is -0.313. The first-order valence-corrected chi connectivity index (χ1v) is 4.13. The monoisotopic (exact) mass is 183 g/mol. The number of rotatable bonds is 4. The molecule has 0 radical (unpaired) electrons. The summed E-state index contributed by atoms with van der Waals surface area (Å²) in [5.41, 5.74) is 5.48. The molecule has 0 amide bonds. The van der Waals surface area contributed by atoms with E-state index in [0.29, 0.717) is 12.3 Å². The summed E-state index contributed by atoms with van der Waals surface area (Å²) in [4.78, 5) is 0. The van der Waals surface area contributed by atoms with Crippen LogP contribution in [-0.4, -0.2) is 12.2 Å². The van der Waals surface area contributed by atoms with Crippen molar-refractivity contribution in [1.82, 2.24) is 0 Å². The van der Waals surface area contributed by atoms with Crippen molar-refractivity contribution < 1.29 is 13.2 Å². The van der Waals surface area contributed by atoms with Gasteiger partial charge >= 0.3 is 6.18 Å². The molecule has 0 saturated heterocycles. The first-order chi connectivity index (χ1) is 5.31. The van der Waals surface area contributed by atoms with Crippen molar-refractivity contribution in [3.8, 4) is 0 Å². The number of halogens is 3. The second-order valence-corrected chi connectivity index (χ2v) is 3.54. The Hall–Kier alpha value is -0.250. The van der Waals surface area contributed by atoms with Crippen molar-refractivity contribution in [3.05, 3.63) is 0 Å². The molecule has 0 aromatic heterocycles. The quantitative estimate of drug-likeness (QED) is 0.712. The molecule has 74 valence electrons. The van der Waals surface area contributed by atoms with E-state index in [1.54, 1.807) is 0 Å². The molecule has 4 heteroatoms. The number of hydrogen-bond donors (Lipinski definition) is 1. The topological polar surface area (TPSA) is 26.0 Å². The highest BCUT2D eigenvalue weighted by atomic mass is 19.4. The van der Waals surface area contributed by atoms with Crippen molar-refractivity contribution in [3.63, 3.8) is 0 Å². The third-order valence-electron chi connectivity index (χ3n) is 1.57. The number of nitrogens with two attached hydrogens (primary N) is 1. The fraction of sp³-hybridized carbons (Fsp3) is 1.00. The van der Waals surface area contributed by atoms with E-state index in [1.165, 1.54) is 0 Å². The van der Waals surface area contributed by atoms with Gasteiger partial charge in [0.2, 0.25) is 0 Å². The Bertz CT molecular complexity index is 120. The van der Waals surface area contributed by atoms with Crippen LogP contribution in [0, 0.1) is 5.92 Å². The lowest BCUT2D eigenvalue weighted by atomic mass is 10.0. The van der Waals surface area contributed by atoms with E-state index in [-0.39, 0.29) is 12.5 Å². The van der Waals surface area contributed by atoms with Crippen molar-refractivity contribution in [2.24, 2.45) is 11.7 Å². The van der Waals surface area contributed by atoms with Gasteiger partial charge in [0, 0.05) is 12.5 Å². The molecule has 0 saturated carbocycles. The summed E-state index contributed by atoms with van der Waals surface area (Å²) in [5, 5.41) is 0. The minimum Gasteiger partial charge on any atom is -0.328 e. The van der Waals surface area contributed by atoms with E-state index in [2.05, 4.69) is 0 Å². The molecule has 0 rings (SSSR count). The maximum atomic E-state index is 11.7. The largest absolute Gasteiger partial charge is 0.389 e.